The number of para-hydroxylation sites is 2. The van der Waals surface area contributed by atoms with Crippen LogP contribution < -0.4 is 10.2 Å². The molecule has 3 aromatic rings. The Bertz CT molecular complexity index is 1030. The lowest BCUT2D eigenvalue weighted by molar-refractivity contribution is -0.385. The minimum absolute atomic E-state index is 0.00618. The van der Waals surface area contributed by atoms with E-state index in [4.69, 9.17) is 4.74 Å². The predicted octanol–water partition coefficient (Wildman–Crippen LogP) is 2.98. The van der Waals surface area contributed by atoms with Crippen molar-refractivity contribution in [2.75, 3.05) is 6.61 Å². The highest BCUT2D eigenvalue weighted by Gasteiger charge is 2.14. The molecule has 0 aliphatic rings. The van der Waals surface area contributed by atoms with Crippen LogP contribution in [0.3, 0.4) is 0 Å². The minimum Gasteiger partial charge on any atom is -0.507 e. The third-order valence-electron chi connectivity index (χ3n) is 3.75. The quantitative estimate of drug-likeness (QED) is 0.396. The van der Waals surface area contributed by atoms with Crippen LogP contribution in [0.25, 0.3) is 10.8 Å². The number of nitro benzene ring substituents is 1. The minimum atomic E-state index is -0.593. The number of hydrazone groups is 1. The second kappa shape index (κ2) is 7.96. The maximum atomic E-state index is 11.9. The molecule has 2 N–H and O–H groups in total. The number of phenolic OH excluding ortho intramolecular Hbond substituents is 1. The van der Waals surface area contributed by atoms with Crippen molar-refractivity contribution in [3.05, 3.63) is 76.3 Å². The topological polar surface area (TPSA) is 114 Å². The lowest BCUT2D eigenvalue weighted by Crippen LogP contribution is -2.24. The van der Waals surface area contributed by atoms with E-state index < -0.39 is 17.4 Å². The number of nitrogens with zero attached hydrogens (tertiary/aromatic N) is 2. The standard InChI is InChI=1S/C19H15N3O5/c23-17-10-9-13-5-1-2-6-14(13)15(17)11-20-21-19(24)12-27-18-8-4-3-7-16(18)22(25)26/h1-11,23H,12H2,(H,21,24)/b20-11+. The summed E-state index contributed by atoms with van der Waals surface area (Å²) in [5.74, 6) is -0.569. The number of fused-ring (bicyclic) bond motifs is 1. The van der Waals surface area contributed by atoms with Gasteiger partial charge in [-0.25, -0.2) is 5.43 Å². The fourth-order valence-electron chi connectivity index (χ4n) is 2.49. The molecule has 0 unspecified atom stereocenters. The number of carbonyl (C=O) groups is 1. The molecule has 0 fully saturated rings. The van der Waals surface area contributed by atoms with Gasteiger partial charge in [-0.15, -0.1) is 0 Å². The summed E-state index contributed by atoms with van der Waals surface area (Å²) in [6.07, 6.45) is 1.33. The number of aromatic hydroxyl groups is 1. The summed E-state index contributed by atoms with van der Waals surface area (Å²) in [6.45, 7) is -0.441. The number of rotatable bonds is 6. The largest absolute Gasteiger partial charge is 0.507 e. The first-order valence-electron chi connectivity index (χ1n) is 7.95. The molecular weight excluding hydrogens is 350 g/mol. The van der Waals surface area contributed by atoms with Gasteiger partial charge in [0.1, 0.15) is 5.75 Å². The first-order chi connectivity index (χ1) is 13.1. The Morgan fingerprint density at radius 1 is 1.15 bits per heavy atom. The van der Waals surface area contributed by atoms with E-state index in [1.54, 1.807) is 18.2 Å². The molecule has 0 saturated heterocycles. The number of ether oxygens (including phenoxy) is 1. The maximum absolute atomic E-state index is 11.9. The van der Waals surface area contributed by atoms with Crippen LogP contribution in [0.2, 0.25) is 0 Å². The van der Waals surface area contributed by atoms with E-state index in [0.29, 0.717) is 5.56 Å². The van der Waals surface area contributed by atoms with E-state index in [0.717, 1.165) is 10.8 Å². The molecule has 0 saturated carbocycles. The van der Waals surface area contributed by atoms with Crippen molar-refractivity contribution in [2.24, 2.45) is 5.10 Å². The highest BCUT2D eigenvalue weighted by molar-refractivity contribution is 6.02. The molecule has 3 rings (SSSR count). The normalized spacial score (nSPS) is 10.8. The van der Waals surface area contributed by atoms with E-state index in [9.17, 15) is 20.0 Å². The Balaban J connectivity index is 1.65. The van der Waals surface area contributed by atoms with Gasteiger partial charge in [-0.2, -0.15) is 5.10 Å². The summed E-state index contributed by atoms with van der Waals surface area (Å²) < 4.78 is 5.18. The summed E-state index contributed by atoms with van der Waals surface area (Å²) in [4.78, 5) is 22.2. The Kier molecular flexibility index (Phi) is 5.27. The van der Waals surface area contributed by atoms with E-state index in [1.165, 1.54) is 24.4 Å². The van der Waals surface area contributed by atoms with Crippen LogP contribution in [0.15, 0.2) is 65.8 Å². The van der Waals surface area contributed by atoms with Crippen LogP contribution in [0.4, 0.5) is 5.69 Å². The summed E-state index contributed by atoms with van der Waals surface area (Å²) in [7, 11) is 0. The van der Waals surface area contributed by atoms with Gasteiger partial charge >= 0.3 is 5.69 Å². The van der Waals surface area contributed by atoms with Gasteiger partial charge in [-0.3, -0.25) is 14.9 Å². The molecule has 8 heteroatoms. The molecule has 0 spiro atoms. The fourth-order valence-corrected chi connectivity index (χ4v) is 2.49. The molecule has 8 nitrogen and oxygen atoms in total. The Morgan fingerprint density at radius 3 is 2.70 bits per heavy atom. The molecule has 0 aliphatic heterocycles. The molecule has 0 radical (unpaired) electrons. The van der Waals surface area contributed by atoms with Crippen molar-refractivity contribution in [3.8, 4) is 11.5 Å². The van der Waals surface area contributed by atoms with E-state index in [1.807, 2.05) is 24.3 Å². The molecule has 136 valence electrons. The van der Waals surface area contributed by atoms with E-state index in [2.05, 4.69) is 10.5 Å². The van der Waals surface area contributed by atoms with Gasteiger partial charge in [0.25, 0.3) is 5.91 Å². The monoisotopic (exact) mass is 365 g/mol. The van der Waals surface area contributed by atoms with Crippen molar-refractivity contribution in [1.29, 1.82) is 0 Å². The molecule has 0 aliphatic carbocycles. The highest BCUT2D eigenvalue weighted by Crippen LogP contribution is 2.26. The van der Waals surface area contributed by atoms with Crippen molar-refractivity contribution in [1.82, 2.24) is 5.43 Å². The van der Waals surface area contributed by atoms with Gasteiger partial charge in [0.2, 0.25) is 0 Å². The van der Waals surface area contributed by atoms with Gasteiger partial charge < -0.3 is 9.84 Å². The Labute approximate surface area is 153 Å². The Morgan fingerprint density at radius 2 is 1.89 bits per heavy atom. The molecule has 27 heavy (non-hydrogen) atoms. The molecule has 3 aromatic carbocycles. The smallest absolute Gasteiger partial charge is 0.310 e. The third kappa shape index (κ3) is 4.18. The second-order valence-electron chi connectivity index (χ2n) is 5.53. The van der Waals surface area contributed by atoms with Gasteiger partial charge in [-0.1, -0.05) is 42.5 Å². The average Bonchev–Trinajstić information content (AvgIpc) is 2.68. The zero-order valence-corrected chi connectivity index (χ0v) is 14.0. The number of hydrogen-bond acceptors (Lipinski definition) is 6. The third-order valence-corrected chi connectivity index (χ3v) is 3.75. The zero-order valence-electron chi connectivity index (χ0n) is 14.0. The Hall–Kier alpha value is -3.94. The van der Waals surface area contributed by atoms with Crippen molar-refractivity contribution in [2.45, 2.75) is 0 Å². The number of phenols is 1. The van der Waals surface area contributed by atoms with E-state index >= 15 is 0 Å². The first kappa shape index (κ1) is 17.9. The molecule has 0 aromatic heterocycles. The van der Waals surface area contributed by atoms with Gasteiger partial charge in [0.15, 0.2) is 12.4 Å². The number of benzene rings is 3. The van der Waals surface area contributed by atoms with Crippen molar-refractivity contribution in [3.63, 3.8) is 0 Å². The average molecular weight is 365 g/mol. The summed E-state index contributed by atoms with van der Waals surface area (Å²) in [5, 5.41) is 26.5. The summed E-state index contributed by atoms with van der Waals surface area (Å²) in [5.41, 5.74) is 2.50. The van der Waals surface area contributed by atoms with Crippen LogP contribution in [0.5, 0.6) is 11.5 Å². The first-order valence-corrected chi connectivity index (χ1v) is 7.95. The van der Waals surface area contributed by atoms with Gasteiger partial charge in [0, 0.05) is 11.6 Å². The van der Waals surface area contributed by atoms with Crippen LogP contribution in [0, 0.1) is 10.1 Å². The number of nitrogens with one attached hydrogen (secondary N) is 1. The van der Waals surface area contributed by atoms with Crippen LogP contribution >= 0.6 is 0 Å². The predicted molar refractivity (Wildman–Crippen MR) is 99.9 cm³/mol. The molecule has 1 amide bonds. The number of nitro groups is 1. The number of carbonyl (C=O) groups excluding carboxylic acids is 1. The highest BCUT2D eigenvalue weighted by atomic mass is 16.6. The van der Waals surface area contributed by atoms with Crippen molar-refractivity contribution < 1.29 is 19.6 Å². The number of amides is 1. The van der Waals surface area contributed by atoms with E-state index in [-0.39, 0.29) is 17.2 Å². The lowest BCUT2D eigenvalue weighted by Gasteiger charge is -2.06. The maximum Gasteiger partial charge on any atom is 0.310 e. The second-order valence-corrected chi connectivity index (χ2v) is 5.53. The fraction of sp³-hybridized carbons (Fsp3) is 0.0526. The summed E-state index contributed by atoms with van der Waals surface area (Å²) >= 11 is 0. The molecule has 0 heterocycles. The molecular formula is C19H15N3O5. The lowest BCUT2D eigenvalue weighted by atomic mass is 10.0. The van der Waals surface area contributed by atoms with Crippen LogP contribution in [-0.4, -0.2) is 28.8 Å². The van der Waals surface area contributed by atoms with Crippen LogP contribution in [-0.2, 0) is 4.79 Å². The van der Waals surface area contributed by atoms with Gasteiger partial charge in [-0.05, 0) is 22.9 Å². The zero-order chi connectivity index (χ0) is 19.2. The molecule has 0 bridgehead atoms. The van der Waals surface area contributed by atoms with Crippen LogP contribution in [0.1, 0.15) is 5.56 Å². The van der Waals surface area contributed by atoms with Crippen molar-refractivity contribution >= 4 is 28.6 Å². The summed E-state index contributed by atoms with van der Waals surface area (Å²) in [6, 6.07) is 16.5. The number of hydrogen-bond donors (Lipinski definition) is 2. The SMILES string of the molecule is O=C(COc1ccccc1[N+](=O)[O-])N/N=C/c1c(O)ccc2ccccc12. The molecule has 0 atom stereocenters. The van der Waals surface area contributed by atoms with Gasteiger partial charge in [0.05, 0.1) is 11.1 Å².